The lowest BCUT2D eigenvalue weighted by molar-refractivity contribution is 0.303. The van der Waals surface area contributed by atoms with Gasteiger partial charge in [-0.2, -0.15) is 0 Å². The lowest BCUT2D eigenvalue weighted by Gasteiger charge is -2.10. The van der Waals surface area contributed by atoms with E-state index in [1.807, 2.05) is 36.4 Å². The van der Waals surface area contributed by atoms with Crippen LogP contribution in [0.25, 0.3) is 5.57 Å². The second-order valence-electron chi connectivity index (χ2n) is 6.51. The Balaban J connectivity index is 1.44. The molecular weight excluding hydrogens is 339 g/mol. The number of pyridine rings is 2. The summed E-state index contributed by atoms with van der Waals surface area (Å²) in [4.78, 5) is 8.44. The zero-order valence-electron chi connectivity index (χ0n) is 14.8. The average Bonchev–Trinajstić information content (AvgIpc) is 3.16. The summed E-state index contributed by atoms with van der Waals surface area (Å²) in [6, 6.07) is 14.5. The molecule has 0 aliphatic heterocycles. The summed E-state index contributed by atoms with van der Waals surface area (Å²) in [6.45, 7) is 0.365. The highest BCUT2D eigenvalue weighted by Gasteiger charge is 2.13. The molecule has 3 nitrogen and oxygen atoms in total. The maximum Gasteiger partial charge on any atom is 0.127 e. The van der Waals surface area contributed by atoms with Crippen molar-refractivity contribution in [3.05, 3.63) is 108 Å². The van der Waals surface area contributed by atoms with Crippen molar-refractivity contribution in [3.8, 4) is 5.75 Å². The van der Waals surface area contributed by atoms with Crippen LogP contribution in [0.1, 0.15) is 16.8 Å². The van der Waals surface area contributed by atoms with E-state index >= 15 is 0 Å². The lowest BCUT2D eigenvalue weighted by Crippen LogP contribution is -2.00. The van der Waals surface area contributed by atoms with E-state index in [1.165, 1.54) is 6.07 Å². The molecule has 0 radical (unpaired) electrons. The highest BCUT2D eigenvalue weighted by atomic mass is 19.1. The lowest BCUT2D eigenvalue weighted by atomic mass is 10.00. The molecule has 2 aromatic heterocycles. The van der Waals surface area contributed by atoms with E-state index in [1.54, 1.807) is 24.7 Å². The molecule has 1 aromatic carbocycles. The zero-order chi connectivity index (χ0) is 18.5. The normalized spacial score (nSPS) is 15.6. The maximum absolute atomic E-state index is 14.0. The van der Waals surface area contributed by atoms with E-state index in [4.69, 9.17) is 4.74 Å². The summed E-state index contributed by atoms with van der Waals surface area (Å²) in [5.74, 6) is 0.462. The summed E-state index contributed by atoms with van der Waals surface area (Å²) in [5, 5.41) is 0. The van der Waals surface area contributed by atoms with Gasteiger partial charge in [0.1, 0.15) is 18.2 Å². The van der Waals surface area contributed by atoms with Crippen molar-refractivity contribution in [2.24, 2.45) is 5.92 Å². The molecule has 3 aromatic rings. The SMILES string of the molecule is Fc1cc(CC2C=CC(c3ccccn3)=C2)cc(OCc2cccnc2)c1. The minimum atomic E-state index is -0.287. The number of benzene rings is 1. The molecule has 1 atom stereocenters. The van der Waals surface area contributed by atoms with Crippen molar-refractivity contribution < 1.29 is 9.13 Å². The summed E-state index contributed by atoms with van der Waals surface area (Å²) >= 11 is 0. The van der Waals surface area contributed by atoms with Crippen molar-refractivity contribution in [1.29, 1.82) is 0 Å². The van der Waals surface area contributed by atoms with Gasteiger partial charge >= 0.3 is 0 Å². The second kappa shape index (κ2) is 7.96. The van der Waals surface area contributed by atoms with Gasteiger partial charge in [-0.25, -0.2) is 4.39 Å². The highest BCUT2D eigenvalue weighted by Crippen LogP contribution is 2.27. The Morgan fingerprint density at radius 2 is 1.96 bits per heavy atom. The number of aromatic nitrogens is 2. The summed E-state index contributed by atoms with van der Waals surface area (Å²) < 4.78 is 19.8. The fourth-order valence-electron chi connectivity index (χ4n) is 3.14. The first kappa shape index (κ1) is 17.2. The smallest absolute Gasteiger partial charge is 0.127 e. The van der Waals surface area contributed by atoms with Crippen molar-refractivity contribution >= 4 is 5.57 Å². The maximum atomic E-state index is 14.0. The molecule has 0 fully saturated rings. The van der Waals surface area contributed by atoms with E-state index < -0.39 is 0 Å². The molecule has 134 valence electrons. The van der Waals surface area contributed by atoms with Crippen molar-refractivity contribution in [3.63, 3.8) is 0 Å². The summed E-state index contributed by atoms with van der Waals surface area (Å²) in [7, 11) is 0. The molecule has 0 saturated heterocycles. The van der Waals surface area contributed by atoms with Gasteiger partial charge in [0.05, 0.1) is 5.69 Å². The van der Waals surface area contributed by atoms with Crippen LogP contribution in [0.5, 0.6) is 5.75 Å². The van der Waals surface area contributed by atoms with Crippen LogP contribution in [0.3, 0.4) is 0 Å². The minimum absolute atomic E-state index is 0.218. The van der Waals surface area contributed by atoms with E-state index in [2.05, 4.69) is 28.2 Å². The summed E-state index contributed by atoms with van der Waals surface area (Å²) in [5.41, 5.74) is 3.91. The highest BCUT2D eigenvalue weighted by molar-refractivity contribution is 5.74. The van der Waals surface area contributed by atoms with Gasteiger partial charge in [0, 0.05) is 36.1 Å². The van der Waals surface area contributed by atoms with Gasteiger partial charge in [0.15, 0.2) is 0 Å². The zero-order valence-corrected chi connectivity index (χ0v) is 14.8. The van der Waals surface area contributed by atoms with E-state index in [0.717, 1.165) is 22.4 Å². The van der Waals surface area contributed by atoms with Gasteiger partial charge in [-0.15, -0.1) is 0 Å². The molecule has 1 unspecified atom stereocenters. The second-order valence-corrected chi connectivity index (χ2v) is 6.51. The number of allylic oxidation sites excluding steroid dienone is 4. The van der Waals surface area contributed by atoms with Crippen LogP contribution in [-0.4, -0.2) is 9.97 Å². The molecule has 0 saturated carbocycles. The van der Waals surface area contributed by atoms with Gasteiger partial charge in [-0.1, -0.05) is 30.4 Å². The first-order valence-corrected chi connectivity index (χ1v) is 8.89. The molecule has 0 spiro atoms. The molecule has 0 bridgehead atoms. The van der Waals surface area contributed by atoms with Gasteiger partial charge < -0.3 is 4.74 Å². The van der Waals surface area contributed by atoms with Crippen LogP contribution >= 0.6 is 0 Å². The monoisotopic (exact) mass is 358 g/mol. The molecule has 4 heteroatoms. The molecule has 1 aliphatic rings. The molecule has 1 aliphatic carbocycles. The Kier molecular flexibility index (Phi) is 5.06. The molecule has 0 amide bonds. The van der Waals surface area contributed by atoms with E-state index in [9.17, 15) is 4.39 Å². The van der Waals surface area contributed by atoms with Crippen LogP contribution in [-0.2, 0) is 13.0 Å². The standard InChI is InChI=1S/C23H19FN2O/c24-21-12-19(13-22(14-21)27-16-18-4-3-8-25-15-18)10-17-6-7-20(11-17)23-5-1-2-9-26-23/h1-9,11-15,17H,10,16H2. The molecule has 27 heavy (non-hydrogen) atoms. The third-order valence-electron chi connectivity index (χ3n) is 4.41. The van der Waals surface area contributed by atoms with E-state index in [0.29, 0.717) is 18.8 Å². The van der Waals surface area contributed by atoms with Crippen LogP contribution in [0, 0.1) is 11.7 Å². The number of halogens is 1. The largest absolute Gasteiger partial charge is 0.489 e. The number of rotatable bonds is 6. The predicted octanol–water partition coefficient (Wildman–Crippen LogP) is 5.01. The third-order valence-corrected chi connectivity index (χ3v) is 4.41. The van der Waals surface area contributed by atoms with Crippen LogP contribution < -0.4 is 4.74 Å². The van der Waals surface area contributed by atoms with Crippen molar-refractivity contribution in [2.75, 3.05) is 0 Å². The van der Waals surface area contributed by atoms with E-state index in [-0.39, 0.29) is 11.7 Å². The van der Waals surface area contributed by atoms with Gasteiger partial charge in [-0.3, -0.25) is 9.97 Å². The number of hydrogen-bond acceptors (Lipinski definition) is 3. The topological polar surface area (TPSA) is 35.0 Å². The Labute approximate surface area is 157 Å². The molecule has 4 rings (SSSR count). The molecule has 0 N–H and O–H groups in total. The first-order valence-electron chi connectivity index (χ1n) is 8.89. The number of hydrogen-bond donors (Lipinski definition) is 0. The minimum Gasteiger partial charge on any atom is -0.489 e. The first-order chi connectivity index (χ1) is 13.3. The van der Waals surface area contributed by atoms with Gasteiger partial charge in [0.2, 0.25) is 0 Å². The van der Waals surface area contributed by atoms with Gasteiger partial charge in [-0.05, 0) is 47.9 Å². The fraction of sp³-hybridized carbons (Fsp3) is 0.130. The Morgan fingerprint density at radius 3 is 2.78 bits per heavy atom. The average molecular weight is 358 g/mol. The van der Waals surface area contributed by atoms with Gasteiger partial charge in [0.25, 0.3) is 0 Å². The number of nitrogens with zero attached hydrogens (tertiary/aromatic N) is 2. The molecular formula is C23H19FN2O. The Hall–Kier alpha value is -3.27. The third kappa shape index (κ3) is 4.47. The quantitative estimate of drug-likeness (QED) is 0.621. The van der Waals surface area contributed by atoms with Crippen LogP contribution in [0.15, 0.2) is 85.3 Å². The predicted molar refractivity (Wildman–Crippen MR) is 104 cm³/mol. The Bertz CT molecular complexity index is 968. The summed E-state index contributed by atoms with van der Waals surface area (Å²) in [6.07, 6.45) is 12.3. The van der Waals surface area contributed by atoms with Crippen LogP contribution in [0.4, 0.5) is 4.39 Å². The van der Waals surface area contributed by atoms with Crippen LogP contribution in [0.2, 0.25) is 0 Å². The van der Waals surface area contributed by atoms with Crippen molar-refractivity contribution in [2.45, 2.75) is 13.0 Å². The number of ether oxygens (including phenoxy) is 1. The molecule has 2 heterocycles. The fourth-order valence-corrected chi connectivity index (χ4v) is 3.14. The Morgan fingerprint density at radius 1 is 1.00 bits per heavy atom. The van der Waals surface area contributed by atoms with Crippen molar-refractivity contribution in [1.82, 2.24) is 9.97 Å².